The van der Waals surface area contributed by atoms with Crippen LogP contribution in [-0.4, -0.2) is 20.1 Å². The highest BCUT2D eigenvalue weighted by Crippen LogP contribution is 2.33. The van der Waals surface area contributed by atoms with Crippen LogP contribution in [0.2, 0.25) is 0 Å². The summed E-state index contributed by atoms with van der Waals surface area (Å²) in [7, 11) is -3.47. The van der Waals surface area contributed by atoms with Crippen LogP contribution >= 0.6 is 0 Å². The average molecular weight is 263 g/mol. The zero-order chi connectivity index (χ0) is 13.9. The molecule has 102 valence electrons. The lowest BCUT2D eigenvalue weighted by Crippen LogP contribution is -2.43. The van der Waals surface area contributed by atoms with Gasteiger partial charge in [-0.3, -0.25) is 9.52 Å². The van der Waals surface area contributed by atoms with Crippen LogP contribution in [0.5, 0.6) is 0 Å². The summed E-state index contributed by atoms with van der Waals surface area (Å²) < 4.78 is 25.2. The summed E-state index contributed by atoms with van der Waals surface area (Å²) in [5, 5.41) is 0. The predicted molar refractivity (Wildman–Crippen MR) is 70.1 cm³/mol. The first-order valence-corrected chi connectivity index (χ1v) is 7.60. The monoisotopic (exact) mass is 263 g/mol. The van der Waals surface area contributed by atoms with Gasteiger partial charge in [-0.15, -0.1) is 0 Å². The zero-order valence-electron chi connectivity index (χ0n) is 11.8. The topological polar surface area (TPSA) is 63.2 Å². The summed E-state index contributed by atoms with van der Waals surface area (Å²) >= 11 is 0. The first-order chi connectivity index (χ1) is 7.40. The number of sulfonamides is 1. The molecule has 0 aliphatic heterocycles. The van der Waals surface area contributed by atoms with Gasteiger partial charge in [0.15, 0.2) is 0 Å². The van der Waals surface area contributed by atoms with E-state index in [1.807, 2.05) is 20.8 Å². The second-order valence-corrected chi connectivity index (χ2v) is 8.21. The molecule has 0 spiro atoms. The number of amides is 1. The van der Waals surface area contributed by atoms with Gasteiger partial charge >= 0.3 is 0 Å². The van der Waals surface area contributed by atoms with Crippen molar-refractivity contribution in [3.8, 4) is 0 Å². The summed E-state index contributed by atoms with van der Waals surface area (Å²) in [4.78, 5) is 11.9. The van der Waals surface area contributed by atoms with Gasteiger partial charge in [-0.25, -0.2) is 8.42 Å². The van der Waals surface area contributed by atoms with Crippen molar-refractivity contribution >= 4 is 15.9 Å². The molecule has 0 bridgehead atoms. The number of carbonyl (C=O) groups excluding carboxylic acids is 1. The van der Waals surface area contributed by atoms with Gasteiger partial charge in [-0.05, 0) is 18.3 Å². The van der Waals surface area contributed by atoms with Gasteiger partial charge in [0.2, 0.25) is 15.9 Å². The molecule has 1 N–H and O–H groups in total. The normalized spacial score (nSPS) is 13.5. The fourth-order valence-corrected chi connectivity index (χ4v) is 3.20. The van der Waals surface area contributed by atoms with E-state index < -0.39 is 21.3 Å². The van der Waals surface area contributed by atoms with Crippen LogP contribution in [0.15, 0.2) is 0 Å². The van der Waals surface area contributed by atoms with Crippen molar-refractivity contribution in [2.45, 2.75) is 54.4 Å². The Morgan fingerprint density at radius 2 is 1.59 bits per heavy atom. The van der Waals surface area contributed by atoms with Crippen molar-refractivity contribution in [3.63, 3.8) is 0 Å². The van der Waals surface area contributed by atoms with E-state index in [0.717, 1.165) is 0 Å². The van der Waals surface area contributed by atoms with Crippen LogP contribution in [-0.2, 0) is 14.8 Å². The maximum Gasteiger partial charge on any atom is 0.239 e. The predicted octanol–water partition coefficient (Wildman–Crippen LogP) is 2.30. The van der Waals surface area contributed by atoms with Crippen LogP contribution in [0.1, 0.15) is 54.4 Å². The summed E-state index contributed by atoms with van der Waals surface area (Å²) in [6, 6.07) is 0. The molecule has 17 heavy (non-hydrogen) atoms. The third-order valence-electron chi connectivity index (χ3n) is 2.31. The Bertz CT molecular complexity index is 364. The van der Waals surface area contributed by atoms with Crippen LogP contribution < -0.4 is 4.72 Å². The molecule has 1 amide bonds. The van der Waals surface area contributed by atoms with E-state index >= 15 is 0 Å². The van der Waals surface area contributed by atoms with Crippen molar-refractivity contribution in [2.75, 3.05) is 5.75 Å². The zero-order valence-corrected chi connectivity index (χ0v) is 12.6. The molecule has 4 nitrogen and oxygen atoms in total. The van der Waals surface area contributed by atoms with E-state index in [2.05, 4.69) is 4.72 Å². The van der Waals surface area contributed by atoms with E-state index in [1.165, 1.54) is 0 Å². The molecule has 5 heteroatoms. The molecule has 0 aromatic carbocycles. The molecule has 0 aromatic rings. The van der Waals surface area contributed by atoms with Crippen molar-refractivity contribution < 1.29 is 13.2 Å². The minimum Gasteiger partial charge on any atom is -0.273 e. The Morgan fingerprint density at radius 1 is 1.12 bits per heavy atom. The van der Waals surface area contributed by atoms with Gasteiger partial charge in [-0.2, -0.15) is 0 Å². The lowest BCUT2D eigenvalue weighted by atomic mass is 9.76. The summed E-state index contributed by atoms with van der Waals surface area (Å²) in [5.74, 6) is -0.425. The number of hydrogen-bond acceptors (Lipinski definition) is 3. The smallest absolute Gasteiger partial charge is 0.239 e. The maximum atomic E-state index is 11.9. The lowest BCUT2D eigenvalue weighted by Gasteiger charge is -2.30. The molecule has 0 saturated heterocycles. The minimum absolute atomic E-state index is 0.00959. The molecule has 0 heterocycles. The average Bonchev–Trinajstić information content (AvgIpc) is 1.97. The number of rotatable bonds is 5. The number of hydrogen-bond donors (Lipinski definition) is 1. The first kappa shape index (κ1) is 16.4. The molecule has 0 fully saturated rings. The number of carbonyl (C=O) groups is 1. The molecular formula is C12H25NO3S. The van der Waals surface area contributed by atoms with Gasteiger partial charge in [0.1, 0.15) is 0 Å². The van der Waals surface area contributed by atoms with E-state index in [1.54, 1.807) is 20.8 Å². The minimum atomic E-state index is -3.47. The Morgan fingerprint density at radius 3 is 1.94 bits per heavy atom. The van der Waals surface area contributed by atoms with Crippen LogP contribution in [0.25, 0.3) is 0 Å². The fraction of sp³-hybridized carbons (Fsp3) is 0.917. The van der Waals surface area contributed by atoms with Crippen molar-refractivity contribution in [3.05, 3.63) is 0 Å². The second-order valence-electron chi connectivity index (χ2n) is 6.37. The van der Waals surface area contributed by atoms with Gasteiger partial charge in [0.25, 0.3) is 0 Å². The van der Waals surface area contributed by atoms with E-state index in [4.69, 9.17) is 0 Å². The molecular weight excluding hydrogens is 238 g/mol. The van der Waals surface area contributed by atoms with E-state index in [0.29, 0.717) is 12.8 Å². The Balaban J connectivity index is 4.72. The molecule has 0 rings (SSSR count). The van der Waals surface area contributed by atoms with Gasteiger partial charge in [0.05, 0.1) is 5.75 Å². The Labute approximate surface area is 105 Å². The third kappa shape index (κ3) is 6.66. The Kier molecular flexibility index (Phi) is 5.19. The summed E-state index contributed by atoms with van der Waals surface area (Å²) in [6.45, 7) is 11.4. The highest BCUT2D eigenvalue weighted by atomic mass is 32.2. The number of nitrogens with one attached hydrogen (secondary N) is 1. The van der Waals surface area contributed by atoms with Crippen LogP contribution in [0.4, 0.5) is 0 Å². The molecule has 0 aliphatic carbocycles. The van der Waals surface area contributed by atoms with Crippen molar-refractivity contribution in [1.29, 1.82) is 0 Å². The molecule has 0 unspecified atom stereocenters. The van der Waals surface area contributed by atoms with Crippen molar-refractivity contribution in [2.24, 2.45) is 10.8 Å². The first-order valence-electron chi connectivity index (χ1n) is 5.94. The molecule has 0 atom stereocenters. The fourth-order valence-electron chi connectivity index (χ4n) is 2.01. The molecule has 0 aromatic heterocycles. The van der Waals surface area contributed by atoms with Crippen LogP contribution in [0, 0.1) is 10.8 Å². The second kappa shape index (κ2) is 5.38. The van der Waals surface area contributed by atoms with Gasteiger partial charge < -0.3 is 0 Å². The highest BCUT2D eigenvalue weighted by Gasteiger charge is 2.34. The molecule has 0 aliphatic rings. The third-order valence-corrected chi connectivity index (χ3v) is 3.75. The molecule has 0 radical (unpaired) electrons. The maximum absolute atomic E-state index is 11.9. The van der Waals surface area contributed by atoms with Gasteiger partial charge in [-0.1, -0.05) is 41.5 Å². The summed E-state index contributed by atoms with van der Waals surface area (Å²) in [6.07, 6.45) is 1.13. The van der Waals surface area contributed by atoms with Gasteiger partial charge in [0, 0.05) is 5.41 Å². The molecule has 0 saturated carbocycles. The van der Waals surface area contributed by atoms with Crippen LogP contribution in [0.3, 0.4) is 0 Å². The summed E-state index contributed by atoms with van der Waals surface area (Å²) in [5.41, 5.74) is -0.700. The largest absolute Gasteiger partial charge is 0.273 e. The van der Waals surface area contributed by atoms with E-state index in [9.17, 15) is 13.2 Å². The standard InChI is InChI=1S/C12H25NO3S/c1-7-8-17(15,16)13-10(14)12(5,6)9-11(2,3)4/h7-9H2,1-6H3,(H,13,14). The lowest BCUT2D eigenvalue weighted by molar-refractivity contribution is -0.128. The quantitative estimate of drug-likeness (QED) is 0.828. The Hall–Kier alpha value is -0.580. The SMILES string of the molecule is CCCS(=O)(=O)NC(=O)C(C)(C)CC(C)(C)C. The van der Waals surface area contributed by atoms with E-state index in [-0.39, 0.29) is 11.2 Å². The highest BCUT2D eigenvalue weighted by molar-refractivity contribution is 7.90. The van der Waals surface area contributed by atoms with Crippen molar-refractivity contribution in [1.82, 2.24) is 4.72 Å².